The van der Waals surface area contributed by atoms with Gasteiger partial charge in [-0.2, -0.15) is 0 Å². The largest absolute Gasteiger partial charge is 0.497 e. The van der Waals surface area contributed by atoms with Crippen LogP contribution in [-0.4, -0.2) is 35.5 Å². The number of halogens is 1. The second-order valence-electron chi connectivity index (χ2n) is 4.93. The average molecular weight is 444 g/mol. The van der Waals surface area contributed by atoms with Crippen LogP contribution < -0.4 is 18.9 Å². The first kappa shape index (κ1) is 18.7. The van der Waals surface area contributed by atoms with Crippen molar-refractivity contribution in [2.45, 2.75) is 3.61 Å². The summed E-state index contributed by atoms with van der Waals surface area (Å²) in [5.41, 5.74) is 1.72. The van der Waals surface area contributed by atoms with Crippen LogP contribution in [0.25, 0.3) is 0 Å². The molecule has 2 aromatic rings. The fourth-order valence-electron chi connectivity index (χ4n) is 2.49. The summed E-state index contributed by atoms with van der Waals surface area (Å²) < 4.78 is 26.7. The molecule has 0 heterocycles. The zero-order chi connectivity index (χ0) is 17.7. The van der Waals surface area contributed by atoms with Crippen LogP contribution >= 0.6 is 22.6 Å². The second kappa shape index (κ2) is 7.94. The summed E-state index contributed by atoms with van der Waals surface area (Å²) in [5.74, 6) is 2.77. The van der Waals surface area contributed by atoms with Gasteiger partial charge in [-0.1, -0.05) is 0 Å². The molecule has 130 valence electrons. The highest BCUT2D eigenvalue weighted by atomic mass is 127. The first-order valence-electron chi connectivity index (χ1n) is 7.23. The zero-order valence-electron chi connectivity index (χ0n) is 14.4. The lowest BCUT2D eigenvalue weighted by molar-refractivity contribution is 0.114. The quantitative estimate of drug-likeness (QED) is 0.477. The number of hydrogen-bond acceptors (Lipinski definition) is 5. The SMILES string of the molecule is COc1ccc(C(I)(OC)c2ccc(OC)cc2OC)c(OC)c1. The van der Waals surface area contributed by atoms with E-state index >= 15 is 0 Å². The van der Waals surface area contributed by atoms with Crippen molar-refractivity contribution in [1.29, 1.82) is 0 Å². The Bertz CT molecular complexity index is 646. The van der Waals surface area contributed by atoms with Gasteiger partial charge in [-0.15, -0.1) is 0 Å². The fraction of sp³-hybridized carbons (Fsp3) is 0.333. The highest BCUT2D eigenvalue weighted by molar-refractivity contribution is 14.1. The number of ether oxygens (including phenoxy) is 5. The van der Waals surface area contributed by atoms with Crippen molar-refractivity contribution in [3.05, 3.63) is 47.5 Å². The first-order chi connectivity index (χ1) is 11.5. The van der Waals surface area contributed by atoms with Gasteiger partial charge in [0.05, 0.1) is 28.4 Å². The minimum atomic E-state index is -0.799. The molecule has 0 fully saturated rings. The Morgan fingerprint density at radius 1 is 0.667 bits per heavy atom. The summed E-state index contributed by atoms with van der Waals surface area (Å²) in [6, 6.07) is 11.3. The van der Waals surface area contributed by atoms with E-state index < -0.39 is 3.61 Å². The van der Waals surface area contributed by atoms with E-state index in [0.717, 1.165) is 11.1 Å². The third-order valence-corrected chi connectivity index (χ3v) is 5.39. The molecule has 6 heteroatoms. The monoisotopic (exact) mass is 444 g/mol. The number of rotatable bonds is 7. The number of benzene rings is 2. The van der Waals surface area contributed by atoms with Crippen LogP contribution in [0.2, 0.25) is 0 Å². The Morgan fingerprint density at radius 3 is 1.38 bits per heavy atom. The van der Waals surface area contributed by atoms with Gasteiger partial charge in [0.1, 0.15) is 23.0 Å². The van der Waals surface area contributed by atoms with Gasteiger partial charge in [-0.05, 0) is 46.9 Å². The molecule has 0 radical (unpaired) electrons. The van der Waals surface area contributed by atoms with E-state index in [1.807, 2.05) is 36.4 Å². The lowest BCUT2D eigenvalue weighted by Crippen LogP contribution is -2.24. The molecule has 0 amide bonds. The predicted molar refractivity (Wildman–Crippen MR) is 101 cm³/mol. The minimum Gasteiger partial charge on any atom is -0.497 e. The van der Waals surface area contributed by atoms with Crippen LogP contribution in [0.1, 0.15) is 11.1 Å². The van der Waals surface area contributed by atoms with Crippen molar-refractivity contribution in [2.24, 2.45) is 0 Å². The molecule has 2 aromatic carbocycles. The lowest BCUT2D eigenvalue weighted by Gasteiger charge is -2.30. The van der Waals surface area contributed by atoms with Gasteiger partial charge in [-0.3, -0.25) is 0 Å². The molecule has 0 saturated heterocycles. The van der Waals surface area contributed by atoms with E-state index in [1.54, 1.807) is 35.5 Å². The molecule has 24 heavy (non-hydrogen) atoms. The fourth-order valence-corrected chi connectivity index (χ4v) is 3.38. The van der Waals surface area contributed by atoms with Crippen molar-refractivity contribution in [1.82, 2.24) is 0 Å². The smallest absolute Gasteiger partial charge is 0.176 e. The van der Waals surface area contributed by atoms with Gasteiger partial charge < -0.3 is 23.7 Å². The van der Waals surface area contributed by atoms with E-state index in [-0.39, 0.29) is 0 Å². The normalized spacial score (nSPS) is 11.1. The first-order valence-corrected chi connectivity index (χ1v) is 8.31. The van der Waals surface area contributed by atoms with Crippen LogP contribution in [0.4, 0.5) is 0 Å². The van der Waals surface area contributed by atoms with Crippen LogP contribution in [-0.2, 0) is 8.34 Å². The minimum absolute atomic E-state index is 0.670. The average Bonchev–Trinajstić information content (AvgIpc) is 2.66. The van der Waals surface area contributed by atoms with Gasteiger partial charge >= 0.3 is 0 Å². The van der Waals surface area contributed by atoms with Crippen molar-refractivity contribution in [2.75, 3.05) is 35.5 Å². The summed E-state index contributed by atoms with van der Waals surface area (Å²) in [6.07, 6.45) is 0. The molecule has 0 atom stereocenters. The number of alkyl halides is 1. The summed E-state index contributed by atoms with van der Waals surface area (Å²) in [6.45, 7) is 0. The Labute approximate surface area is 156 Å². The molecule has 0 aromatic heterocycles. The van der Waals surface area contributed by atoms with E-state index in [1.165, 1.54) is 0 Å². The van der Waals surface area contributed by atoms with Gasteiger partial charge in [0.15, 0.2) is 3.61 Å². The molecular weight excluding hydrogens is 423 g/mol. The van der Waals surface area contributed by atoms with Crippen LogP contribution in [0.5, 0.6) is 23.0 Å². The topological polar surface area (TPSA) is 46.2 Å². The summed E-state index contributed by atoms with van der Waals surface area (Å²) >= 11 is 2.25. The zero-order valence-corrected chi connectivity index (χ0v) is 16.5. The van der Waals surface area contributed by atoms with E-state index in [4.69, 9.17) is 23.7 Å². The summed E-state index contributed by atoms with van der Waals surface area (Å²) in [7, 11) is 8.13. The predicted octanol–water partition coefficient (Wildman–Crippen LogP) is 4.00. The maximum atomic E-state index is 5.89. The number of hydrogen-bond donors (Lipinski definition) is 0. The van der Waals surface area contributed by atoms with Crippen molar-refractivity contribution in [3.8, 4) is 23.0 Å². The Kier molecular flexibility index (Phi) is 6.17. The van der Waals surface area contributed by atoms with Crippen molar-refractivity contribution >= 4 is 22.6 Å². The molecule has 0 unspecified atom stereocenters. The molecule has 0 saturated carbocycles. The Morgan fingerprint density at radius 2 is 1.08 bits per heavy atom. The molecule has 5 nitrogen and oxygen atoms in total. The molecule has 0 spiro atoms. The second-order valence-corrected chi connectivity index (χ2v) is 6.45. The van der Waals surface area contributed by atoms with Crippen LogP contribution in [0.15, 0.2) is 36.4 Å². The third kappa shape index (κ3) is 3.39. The maximum absolute atomic E-state index is 5.89. The highest BCUT2D eigenvalue weighted by Gasteiger charge is 2.37. The molecule has 0 aliphatic rings. The molecular formula is C18H21IO5. The standard InChI is InChI=1S/C18H21IO5/c1-20-12-6-8-14(16(10-12)22-3)18(19,24-5)15-9-7-13(21-2)11-17(15)23-4/h6-11H,1-5H3. The van der Waals surface area contributed by atoms with E-state index in [0.29, 0.717) is 23.0 Å². The van der Waals surface area contributed by atoms with E-state index in [2.05, 4.69) is 22.6 Å². The third-order valence-electron chi connectivity index (χ3n) is 3.79. The van der Waals surface area contributed by atoms with Crippen molar-refractivity contribution in [3.63, 3.8) is 0 Å². The highest BCUT2D eigenvalue weighted by Crippen LogP contribution is 2.48. The Hall–Kier alpha value is -1.67. The maximum Gasteiger partial charge on any atom is 0.176 e. The van der Waals surface area contributed by atoms with Crippen LogP contribution in [0, 0.1) is 0 Å². The van der Waals surface area contributed by atoms with Gasteiger partial charge in [0.25, 0.3) is 0 Å². The molecule has 0 N–H and O–H groups in total. The molecule has 0 bridgehead atoms. The summed E-state index contributed by atoms with van der Waals surface area (Å²) in [5, 5.41) is 0. The van der Waals surface area contributed by atoms with E-state index in [9.17, 15) is 0 Å². The molecule has 2 rings (SSSR count). The molecule has 0 aliphatic heterocycles. The molecule has 0 aliphatic carbocycles. The van der Waals surface area contributed by atoms with Crippen LogP contribution in [0.3, 0.4) is 0 Å². The van der Waals surface area contributed by atoms with Gasteiger partial charge in [0.2, 0.25) is 0 Å². The van der Waals surface area contributed by atoms with Gasteiger partial charge in [-0.25, -0.2) is 0 Å². The number of methoxy groups -OCH3 is 5. The Balaban J connectivity index is 2.64. The summed E-state index contributed by atoms with van der Waals surface area (Å²) in [4.78, 5) is 0. The van der Waals surface area contributed by atoms with Crippen molar-refractivity contribution < 1.29 is 23.7 Å². The lowest BCUT2D eigenvalue weighted by atomic mass is 9.99. The van der Waals surface area contributed by atoms with Gasteiger partial charge in [0, 0.05) is 30.4 Å².